The van der Waals surface area contributed by atoms with E-state index in [0.717, 1.165) is 5.39 Å². The molecule has 0 spiro atoms. The lowest BCUT2D eigenvalue weighted by Gasteiger charge is -2.20. The Balaban J connectivity index is 1.89. The fraction of sp³-hybridized carbons (Fsp3) is 0.400. The van der Waals surface area contributed by atoms with Crippen molar-refractivity contribution in [3.05, 3.63) is 22.5 Å². The number of amides is 1. The molecule has 0 radical (unpaired) electrons. The van der Waals surface area contributed by atoms with E-state index in [9.17, 15) is 4.79 Å². The quantitative estimate of drug-likeness (QED) is 0.631. The van der Waals surface area contributed by atoms with Gasteiger partial charge >= 0.3 is 0 Å². The molecule has 2 N–H and O–H groups in total. The van der Waals surface area contributed by atoms with E-state index < -0.39 is 6.04 Å². The Morgan fingerprint density at radius 3 is 2.84 bits per heavy atom. The van der Waals surface area contributed by atoms with E-state index >= 15 is 0 Å². The van der Waals surface area contributed by atoms with Gasteiger partial charge in [0.1, 0.15) is 22.8 Å². The molecule has 132 valence electrons. The first-order chi connectivity index (χ1) is 12.0. The third-order valence-corrected chi connectivity index (χ3v) is 4.82. The van der Waals surface area contributed by atoms with Crippen LogP contribution < -0.4 is 10.6 Å². The van der Waals surface area contributed by atoms with Crippen molar-refractivity contribution in [2.75, 3.05) is 10.6 Å². The Hall–Kier alpha value is -2.07. The summed E-state index contributed by atoms with van der Waals surface area (Å²) in [5, 5.41) is 13.6. The first-order valence-corrected chi connectivity index (χ1v) is 9.43. The summed E-state index contributed by atoms with van der Waals surface area (Å²) in [4.78, 5) is 25.4. The van der Waals surface area contributed by atoms with Gasteiger partial charge in [0, 0.05) is 18.6 Å². The van der Waals surface area contributed by atoms with Crippen LogP contribution in [0.15, 0.2) is 22.5 Å². The summed E-state index contributed by atoms with van der Waals surface area (Å²) < 4.78 is 2.30. The maximum atomic E-state index is 12.7. The minimum absolute atomic E-state index is 0.143. The Kier molecular flexibility index (Phi) is 5.28. The van der Waals surface area contributed by atoms with Gasteiger partial charge in [-0.05, 0) is 28.3 Å². The predicted octanol–water partition coefficient (Wildman–Crippen LogP) is 3.05. The van der Waals surface area contributed by atoms with Gasteiger partial charge in [-0.2, -0.15) is 5.10 Å². The predicted molar refractivity (Wildman–Crippen MR) is 102 cm³/mol. The average Bonchev–Trinajstić information content (AvgIpc) is 3.15. The molecule has 0 aliphatic carbocycles. The number of aromatic nitrogens is 5. The van der Waals surface area contributed by atoms with Gasteiger partial charge in [0.25, 0.3) is 0 Å². The molecule has 25 heavy (non-hydrogen) atoms. The summed E-state index contributed by atoms with van der Waals surface area (Å²) in [5.41, 5.74) is 0.688. The highest BCUT2D eigenvalue weighted by Crippen LogP contribution is 2.28. The molecular weight excluding hydrogens is 406 g/mol. The molecule has 1 amide bonds. The third-order valence-electron chi connectivity index (χ3n) is 3.57. The largest absolute Gasteiger partial charge is 0.358 e. The van der Waals surface area contributed by atoms with E-state index in [1.807, 2.05) is 12.4 Å². The molecule has 1 unspecified atom stereocenters. The molecule has 8 nitrogen and oxygen atoms in total. The van der Waals surface area contributed by atoms with Gasteiger partial charge in [-0.1, -0.05) is 13.8 Å². The number of nitrogens with one attached hydrogen (secondary N) is 2. The van der Waals surface area contributed by atoms with E-state index in [-0.39, 0.29) is 5.91 Å². The summed E-state index contributed by atoms with van der Waals surface area (Å²) in [6.07, 6.45) is 3.77. The highest BCUT2D eigenvalue weighted by Gasteiger charge is 2.23. The SMILES string of the molecule is CC(C)CC(Nc1ncnc2c1c(Br)nn2C)C(=O)Nc1nccs1. The Morgan fingerprint density at radius 1 is 1.36 bits per heavy atom. The van der Waals surface area contributed by atoms with E-state index in [2.05, 4.69) is 60.5 Å². The van der Waals surface area contributed by atoms with E-state index in [4.69, 9.17) is 0 Å². The summed E-state index contributed by atoms with van der Waals surface area (Å²) in [7, 11) is 1.81. The normalized spacial score (nSPS) is 12.5. The Bertz CT molecular complexity index is 878. The summed E-state index contributed by atoms with van der Waals surface area (Å²) in [5.74, 6) is 0.759. The van der Waals surface area contributed by atoms with Crippen LogP contribution in [0.5, 0.6) is 0 Å². The first kappa shape index (κ1) is 17.7. The molecule has 3 heterocycles. The second-order valence-electron chi connectivity index (χ2n) is 5.99. The molecule has 0 fully saturated rings. The minimum Gasteiger partial charge on any atom is -0.358 e. The number of carbonyl (C=O) groups is 1. The van der Waals surface area contributed by atoms with Gasteiger partial charge in [0.15, 0.2) is 10.8 Å². The van der Waals surface area contributed by atoms with Crippen molar-refractivity contribution in [1.29, 1.82) is 0 Å². The molecular formula is C15H18BrN7OS. The van der Waals surface area contributed by atoms with Crippen LogP contribution in [0.25, 0.3) is 11.0 Å². The van der Waals surface area contributed by atoms with Crippen LogP contribution >= 0.6 is 27.3 Å². The maximum absolute atomic E-state index is 12.7. The lowest BCUT2D eigenvalue weighted by molar-refractivity contribution is -0.117. The van der Waals surface area contributed by atoms with Crippen molar-refractivity contribution >= 4 is 55.2 Å². The molecule has 0 bridgehead atoms. The Labute approximate surface area is 157 Å². The van der Waals surface area contributed by atoms with Crippen molar-refractivity contribution in [3.8, 4) is 0 Å². The van der Waals surface area contributed by atoms with Crippen molar-refractivity contribution in [1.82, 2.24) is 24.7 Å². The second kappa shape index (κ2) is 7.44. The van der Waals surface area contributed by atoms with Gasteiger partial charge in [-0.25, -0.2) is 19.6 Å². The number of anilines is 2. The van der Waals surface area contributed by atoms with Crippen LogP contribution in [0, 0.1) is 5.92 Å². The van der Waals surface area contributed by atoms with Crippen LogP contribution in [0.2, 0.25) is 0 Å². The van der Waals surface area contributed by atoms with Gasteiger partial charge in [0.2, 0.25) is 5.91 Å². The van der Waals surface area contributed by atoms with Gasteiger partial charge in [0.05, 0.1) is 5.39 Å². The maximum Gasteiger partial charge on any atom is 0.248 e. The van der Waals surface area contributed by atoms with Gasteiger partial charge in [-0.15, -0.1) is 11.3 Å². The molecule has 1 atom stereocenters. The second-order valence-corrected chi connectivity index (χ2v) is 7.63. The smallest absolute Gasteiger partial charge is 0.248 e. The number of fused-ring (bicyclic) bond motifs is 1. The molecule has 0 aromatic carbocycles. The number of halogens is 1. The van der Waals surface area contributed by atoms with E-state index in [1.54, 1.807) is 10.9 Å². The summed E-state index contributed by atoms with van der Waals surface area (Å²) in [6, 6.07) is -0.450. The molecule has 0 saturated carbocycles. The highest BCUT2D eigenvalue weighted by molar-refractivity contribution is 9.10. The highest BCUT2D eigenvalue weighted by atomic mass is 79.9. The van der Waals surface area contributed by atoms with Crippen LogP contribution in [0.4, 0.5) is 10.9 Å². The zero-order valence-corrected chi connectivity index (χ0v) is 16.4. The number of hydrogen-bond donors (Lipinski definition) is 2. The monoisotopic (exact) mass is 423 g/mol. The number of nitrogens with zero attached hydrogens (tertiary/aromatic N) is 5. The van der Waals surface area contributed by atoms with Crippen LogP contribution in [0.1, 0.15) is 20.3 Å². The van der Waals surface area contributed by atoms with Crippen molar-refractivity contribution < 1.29 is 4.79 Å². The Morgan fingerprint density at radius 2 is 2.16 bits per heavy atom. The zero-order chi connectivity index (χ0) is 18.0. The first-order valence-electron chi connectivity index (χ1n) is 7.75. The standard InChI is InChI=1S/C15H18BrN7OS/c1-8(2)6-9(14(24)21-15-17-4-5-25-15)20-12-10-11(16)22-23(3)13(10)19-7-18-12/h4-5,7-9H,6H2,1-3H3,(H,17,21,24)(H,18,19,20). The third kappa shape index (κ3) is 3.96. The topological polar surface area (TPSA) is 97.6 Å². The number of thiazole rings is 1. The number of rotatable bonds is 6. The van der Waals surface area contributed by atoms with Crippen LogP contribution in [-0.4, -0.2) is 36.7 Å². The van der Waals surface area contributed by atoms with Gasteiger partial charge in [-0.3, -0.25) is 4.79 Å². The fourth-order valence-corrected chi connectivity index (χ4v) is 3.63. The average molecular weight is 424 g/mol. The van der Waals surface area contributed by atoms with Gasteiger partial charge < -0.3 is 10.6 Å². The van der Waals surface area contributed by atoms with Crippen LogP contribution in [0.3, 0.4) is 0 Å². The summed E-state index contributed by atoms with van der Waals surface area (Å²) >= 11 is 4.82. The molecule has 3 rings (SSSR count). The summed E-state index contributed by atoms with van der Waals surface area (Å²) in [6.45, 7) is 4.14. The van der Waals surface area contributed by atoms with Crippen molar-refractivity contribution in [2.45, 2.75) is 26.3 Å². The zero-order valence-electron chi connectivity index (χ0n) is 14.0. The molecule has 0 aliphatic heterocycles. The van der Waals surface area contributed by atoms with E-state index in [1.165, 1.54) is 17.7 Å². The number of hydrogen-bond acceptors (Lipinski definition) is 7. The van der Waals surface area contributed by atoms with Crippen LogP contribution in [-0.2, 0) is 11.8 Å². The number of carbonyl (C=O) groups excluding carboxylic acids is 1. The minimum atomic E-state index is -0.450. The molecule has 10 heteroatoms. The molecule has 3 aromatic rings. The fourth-order valence-electron chi connectivity index (χ4n) is 2.50. The molecule has 0 saturated heterocycles. The van der Waals surface area contributed by atoms with E-state index in [0.29, 0.717) is 33.5 Å². The van der Waals surface area contributed by atoms with Crippen molar-refractivity contribution in [2.24, 2.45) is 13.0 Å². The molecule has 3 aromatic heterocycles. The number of aryl methyl sites for hydroxylation is 1. The lowest BCUT2D eigenvalue weighted by atomic mass is 10.0. The molecule has 0 aliphatic rings. The lowest BCUT2D eigenvalue weighted by Crippen LogP contribution is -2.36. The van der Waals surface area contributed by atoms with Crippen molar-refractivity contribution in [3.63, 3.8) is 0 Å².